The number of aryl methyl sites for hydroxylation is 1. The molecule has 4 rings (SSSR count). The fraction of sp³-hybridized carbons (Fsp3) is 0.353. The summed E-state index contributed by atoms with van der Waals surface area (Å²) in [5, 5.41) is 1.21. The second-order valence-electron chi connectivity index (χ2n) is 5.92. The van der Waals surface area contributed by atoms with Gasteiger partial charge in [0.05, 0.1) is 5.60 Å². The molecule has 3 nitrogen and oxygen atoms in total. The number of nitrogens with one attached hydrogen (secondary N) is 1. The fourth-order valence-electron chi connectivity index (χ4n) is 3.87. The predicted octanol–water partition coefficient (Wildman–Crippen LogP) is 3.87. The number of carbonyl (C=O) groups is 1. The Morgan fingerprint density at radius 2 is 2.29 bits per heavy atom. The van der Waals surface area contributed by atoms with Gasteiger partial charge in [-0.05, 0) is 42.7 Å². The SMILES string of the molecule is CO[C@@]12C=CC(=O)C[C@@H]1c1c([nH]c3cc(Br)ccc13)CC2. The third-order valence-corrected chi connectivity index (χ3v) is 5.42. The lowest BCUT2D eigenvalue weighted by molar-refractivity contribution is -0.118. The normalized spacial score (nSPS) is 27.7. The summed E-state index contributed by atoms with van der Waals surface area (Å²) in [5.41, 5.74) is 3.32. The van der Waals surface area contributed by atoms with Gasteiger partial charge in [0.15, 0.2) is 5.78 Å². The number of methoxy groups -OCH3 is 1. The second-order valence-corrected chi connectivity index (χ2v) is 6.84. The molecule has 0 spiro atoms. The number of aromatic amines is 1. The van der Waals surface area contributed by atoms with E-state index >= 15 is 0 Å². The Morgan fingerprint density at radius 1 is 1.43 bits per heavy atom. The Labute approximate surface area is 131 Å². The molecule has 0 saturated heterocycles. The zero-order chi connectivity index (χ0) is 14.6. The standard InChI is InChI=1S/C17H16BrNO2/c1-21-17-6-4-11(20)9-13(17)16-12-3-2-10(18)8-15(12)19-14(16)5-7-17/h2-4,6,8,13,19H,5,7,9H2,1H3/t13-,17-/m1/s1. The first kappa shape index (κ1) is 13.3. The van der Waals surface area contributed by atoms with Gasteiger partial charge in [-0.2, -0.15) is 0 Å². The van der Waals surface area contributed by atoms with E-state index in [-0.39, 0.29) is 17.3 Å². The first-order chi connectivity index (χ1) is 10.1. The molecule has 1 aromatic heterocycles. The summed E-state index contributed by atoms with van der Waals surface area (Å²) in [5.74, 6) is 0.297. The summed E-state index contributed by atoms with van der Waals surface area (Å²) in [6.45, 7) is 0. The zero-order valence-electron chi connectivity index (χ0n) is 11.8. The molecule has 2 aliphatic rings. The number of allylic oxidation sites excluding steroid dienone is 1. The van der Waals surface area contributed by atoms with Crippen molar-refractivity contribution in [3.63, 3.8) is 0 Å². The van der Waals surface area contributed by atoms with E-state index < -0.39 is 0 Å². The number of hydrogen-bond donors (Lipinski definition) is 1. The number of hydrogen-bond acceptors (Lipinski definition) is 2. The minimum absolute atomic E-state index is 0.110. The highest BCUT2D eigenvalue weighted by molar-refractivity contribution is 9.10. The predicted molar refractivity (Wildman–Crippen MR) is 85.6 cm³/mol. The van der Waals surface area contributed by atoms with Crippen molar-refractivity contribution in [2.45, 2.75) is 30.8 Å². The highest BCUT2D eigenvalue weighted by Gasteiger charge is 2.46. The van der Waals surface area contributed by atoms with Crippen LogP contribution in [0.1, 0.15) is 30.0 Å². The molecule has 1 aromatic carbocycles. The zero-order valence-corrected chi connectivity index (χ0v) is 13.4. The Morgan fingerprint density at radius 3 is 3.10 bits per heavy atom. The lowest BCUT2D eigenvalue weighted by Crippen LogP contribution is -2.43. The quantitative estimate of drug-likeness (QED) is 0.852. The number of ether oxygens (including phenoxy) is 1. The van der Waals surface area contributed by atoms with E-state index in [0.29, 0.717) is 6.42 Å². The molecular formula is C17H16BrNO2. The molecule has 0 aliphatic heterocycles. The number of fused-ring (bicyclic) bond motifs is 5. The first-order valence-electron chi connectivity index (χ1n) is 7.20. The van der Waals surface area contributed by atoms with Crippen molar-refractivity contribution >= 4 is 32.6 Å². The van der Waals surface area contributed by atoms with Gasteiger partial charge in [0.1, 0.15) is 0 Å². The molecule has 2 aliphatic carbocycles. The van der Waals surface area contributed by atoms with E-state index in [4.69, 9.17) is 4.74 Å². The monoisotopic (exact) mass is 345 g/mol. The maximum Gasteiger partial charge on any atom is 0.156 e. The molecule has 1 heterocycles. The second kappa shape index (κ2) is 4.55. The van der Waals surface area contributed by atoms with Crippen molar-refractivity contribution < 1.29 is 9.53 Å². The van der Waals surface area contributed by atoms with Crippen molar-refractivity contribution in [3.8, 4) is 0 Å². The van der Waals surface area contributed by atoms with Crippen LogP contribution in [0.25, 0.3) is 10.9 Å². The molecule has 108 valence electrons. The van der Waals surface area contributed by atoms with Crippen LogP contribution in [0.15, 0.2) is 34.8 Å². The Kier molecular flexibility index (Phi) is 2.88. The summed E-state index contributed by atoms with van der Waals surface area (Å²) >= 11 is 3.52. The summed E-state index contributed by atoms with van der Waals surface area (Å²) in [6.07, 6.45) is 6.06. The van der Waals surface area contributed by atoms with Crippen molar-refractivity contribution in [1.82, 2.24) is 4.98 Å². The van der Waals surface area contributed by atoms with Crippen molar-refractivity contribution in [2.24, 2.45) is 0 Å². The number of benzene rings is 1. The van der Waals surface area contributed by atoms with Gasteiger partial charge < -0.3 is 9.72 Å². The van der Waals surface area contributed by atoms with Crippen molar-refractivity contribution in [1.29, 1.82) is 0 Å². The van der Waals surface area contributed by atoms with E-state index in [9.17, 15) is 4.79 Å². The van der Waals surface area contributed by atoms with Crippen LogP contribution < -0.4 is 0 Å². The molecule has 4 heteroatoms. The maximum absolute atomic E-state index is 11.9. The molecule has 0 fully saturated rings. The largest absolute Gasteiger partial charge is 0.373 e. The Hall–Kier alpha value is -1.39. The third-order valence-electron chi connectivity index (χ3n) is 4.92. The minimum Gasteiger partial charge on any atom is -0.373 e. The molecule has 0 saturated carbocycles. The summed E-state index contributed by atoms with van der Waals surface area (Å²) < 4.78 is 6.93. The fourth-order valence-corrected chi connectivity index (χ4v) is 4.23. The van der Waals surface area contributed by atoms with Gasteiger partial charge in [-0.3, -0.25) is 4.79 Å². The summed E-state index contributed by atoms with van der Waals surface area (Å²) in [6, 6.07) is 6.28. The number of ketones is 1. The van der Waals surface area contributed by atoms with Crippen LogP contribution in [-0.2, 0) is 16.0 Å². The molecule has 0 bridgehead atoms. The lowest BCUT2D eigenvalue weighted by atomic mass is 9.68. The number of aromatic nitrogens is 1. The van der Waals surface area contributed by atoms with Crippen LogP contribution in [0.2, 0.25) is 0 Å². The minimum atomic E-state index is -0.330. The van der Waals surface area contributed by atoms with Gasteiger partial charge in [-0.1, -0.05) is 22.0 Å². The van der Waals surface area contributed by atoms with Gasteiger partial charge in [-0.25, -0.2) is 0 Å². The molecule has 0 unspecified atom stereocenters. The van der Waals surface area contributed by atoms with Crippen molar-refractivity contribution in [3.05, 3.63) is 46.1 Å². The smallest absolute Gasteiger partial charge is 0.156 e. The van der Waals surface area contributed by atoms with E-state index in [1.165, 1.54) is 16.6 Å². The van der Waals surface area contributed by atoms with Crippen LogP contribution in [0.3, 0.4) is 0 Å². The van der Waals surface area contributed by atoms with Crippen LogP contribution in [-0.4, -0.2) is 23.5 Å². The number of carbonyl (C=O) groups excluding carboxylic acids is 1. The summed E-state index contributed by atoms with van der Waals surface area (Å²) in [4.78, 5) is 15.5. The number of H-pyrrole nitrogens is 1. The topological polar surface area (TPSA) is 42.1 Å². The molecular weight excluding hydrogens is 330 g/mol. The van der Waals surface area contributed by atoms with Crippen LogP contribution in [0.4, 0.5) is 0 Å². The Bertz CT molecular complexity index is 776. The van der Waals surface area contributed by atoms with Gasteiger partial charge >= 0.3 is 0 Å². The van der Waals surface area contributed by atoms with Gasteiger partial charge in [0, 0.05) is 40.5 Å². The van der Waals surface area contributed by atoms with Crippen molar-refractivity contribution in [2.75, 3.05) is 7.11 Å². The lowest BCUT2D eigenvalue weighted by Gasteiger charge is -2.42. The first-order valence-corrected chi connectivity index (χ1v) is 7.99. The maximum atomic E-state index is 11.9. The molecule has 0 amide bonds. The van der Waals surface area contributed by atoms with Crippen LogP contribution in [0.5, 0.6) is 0 Å². The average Bonchev–Trinajstić information content (AvgIpc) is 2.85. The van der Waals surface area contributed by atoms with Gasteiger partial charge in [-0.15, -0.1) is 0 Å². The van der Waals surface area contributed by atoms with E-state index in [1.54, 1.807) is 13.2 Å². The average molecular weight is 346 g/mol. The number of halogens is 1. The van der Waals surface area contributed by atoms with E-state index in [0.717, 1.165) is 22.8 Å². The van der Waals surface area contributed by atoms with E-state index in [1.807, 2.05) is 6.08 Å². The number of rotatable bonds is 1. The molecule has 2 atom stereocenters. The van der Waals surface area contributed by atoms with Gasteiger partial charge in [0.25, 0.3) is 0 Å². The molecule has 1 N–H and O–H groups in total. The van der Waals surface area contributed by atoms with Crippen LogP contribution in [0, 0.1) is 0 Å². The summed E-state index contributed by atoms with van der Waals surface area (Å²) in [7, 11) is 1.75. The molecule has 21 heavy (non-hydrogen) atoms. The third kappa shape index (κ3) is 1.86. The van der Waals surface area contributed by atoms with Crippen LogP contribution >= 0.6 is 15.9 Å². The Balaban J connectivity index is 1.97. The highest BCUT2D eigenvalue weighted by Crippen LogP contribution is 2.49. The van der Waals surface area contributed by atoms with E-state index in [2.05, 4.69) is 39.1 Å². The molecule has 2 aromatic rings. The molecule has 0 radical (unpaired) electrons. The highest BCUT2D eigenvalue weighted by atomic mass is 79.9. The van der Waals surface area contributed by atoms with Gasteiger partial charge in [0.2, 0.25) is 0 Å².